The highest BCUT2D eigenvalue weighted by atomic mass is 32.2. The zero-order valence-electron chi connectivity index (χ0n) is 23.0. The number of aryl methyl sites for hydroxylation is 2. The minimum absolute atomic E-state index is 0.0787. The first-order valence-electron chi connectivity index (χ1n) is 13.7. The number of nitrogens with zero attached hydrogens (tertiary/aromatic N) is 3. The van der Waals surface area contributed by atoms with Gasteiger partial charge in [-0.3, -0.25) is 14.7 Å². The molecule has 2 heterocycles. The van der Waals surface area contributed by atoms with E-state index in [1.165, 1.54) is 40.3 Å². The van der Waals surface area contributed by atoms with Crippen molar-refractivity contribution in [2.24, 2.45) is 22.6 Å². The van der Waals surface area contributed by atoms with Crippen LogP contribution in [0.15, 0.2) is 22.5 Å². The molecule has 208 valence electrons. The number of benzene rings is 1. The maximum absolute atomic E-state index is 13.2. The summed E-state index contributed by atoms with van der Waals surface area (Å²) in [5.41, 5.74) is 7.63. The Kier molecular flexibility index (Phi) is 8.32. The zero-order chi connectivity index (χ0) is 27.7. The summed E-state index contributed by atoms with van der Waals surface area (Å²) < 4.78 is 27.8. The van der Waals surface area contributed by atoms with Gasteiger partial charge in [0.05, 0.1) is 0 Å². The van der Waals surface area contributed by atoms with E-state index in [1.54, 1.807) is 25.3 Å². The number of hydrogen-bond donors (Lipinski definition) is 2. The number of nitrogens with one attached hydrogen (secondary N) is 1. The smallest absolute Gasteiger partial charge is 0.318 e. The number of amides is 3. The predicted molar refractivity (Wildman–Crippen MR) is 151 cm³/mol. The molecule has 3 amide bonds. The molecule has 1 saturated heterocycles. The lowest BCUT2D eigenvalue weighted by atomic mass is 9.79. The fourth-order valence-electron chi connectivity index (χ4n) is 6.17. The fourth-order valence-corrected chi connectivity index (χ4v) is 7.34. The van der Waals surface area contributed by atoms with Crippen molar-refractivity contribution in [1.29, 1.82) is 0 Å². The van der Waals surface area contributed by atoms with E-state index >= 15 is 0 Å². The Balaban J connectivity index is 1.43. The molecule has 2 fully saturated rings. The van der Waals surface area contributed by atoms with Crippen molar-refractivity contribution in [3.8, 4) is 0 Å². The van der Waals surface area contributed by atoms with Crippen LogP contribution in [0.5, 0.6) is 0 Å². The van der Waals surface area contributed by atoms with E-state index in [1.807, 2.05) is 13.8 Å². The molecular formula is C28H41N5O4S. The fraction of sp³-hybridized carbons (Fsp3) is 0.607. The van der Waals surface area contributed by atoms with Gasteiger partial charge in [0, 0.05) is 37.2 Å². The molecule has 0 aromatic heterocycles. The number of sulfonamides is 1. The molecule has 4 rings (SSSR count). The number of carbonyl (C=O) groups excluding carboxylic acids is 2. The number of rotatable bonds is 7. The van der Waals surface area contributed by atoms with Gasteiger partial charge in [0.15, 0.2) is 0 Å². The summed E-state index contributed by atoms with van der Waals surface area (Å²) in [5.74, 6) is 1.74. The molecule has 1 aromatic carbocycles. The van der Waals surface area contributed by atoms with Crippen molar-refractivity contribution in [3.05, 3.63) is 34.2 Å². The number of amidine groups is 1. The van der Waals surface area contributed by atoms with Crippen LogP contribution in [0.1, 0.15) is 75.0 Å². The van der Waals surface area contributed by atoms with Crippen LogP contribution in [0.4, 0.5) is 10.5 Å². The van der Waals surface area contributed by atoms with Crippen molar-refractivity contribution in [1.82, 2.24) is 9.62 Å². The van der Waals surface area contributed by atoms with E-state index in [0.717, 1.165) is 35.4 Å². The van der Waals surface area contributed by atoms with Crippen molar-refractivity contribution in [2.75, 3.05) is 25.0 Å². The van der Waals surface area contributed by atoms with Crippen LogP contribution in [-0.2, 0) is 14.8 Å². The normalized spacial score (nSPS) is 24.0. The Hall–Kier alpha value is -2.72. The molecule has 1 saturated carbocycles. The van der Waals surface area contributed by atoms with Crippen LogP contribution in [0.3, 0.4) is 0 Å². The SMILES string of the molecule is CCC[C@@H]1CCC[C@H](C2=NC3(CCN(S(=O)(=O)C=Cc4c(C)cc(N(C)C(N)=O)cc4C)CC3)C(=O)N2)C1. The molecule has 3 N–H and O–H groups in total. The summed E-state index contributed by atoms with van der Waals surface area (Å²) in [5, 5.41) is 4.31. The predicted octanol–water partition coefficient (Wildman–Crippen LogP) is 4.09. The van der Waals surface area contributed by atoms with Crippen LogP contribution < -0.4 is 16.0 Å². The summed E-state index contributed by atoms with van der Waals surface area (Å²) in [6, 6.07) is 3.05. The van der Waals surface area contributed by atoms with Gasteiger partial charge in [0.2, 0.25) is 10.0 Å². The second kappa shape index (κ2) is 11.2. The standard InChI is InChI=1S/C28H41N5O4S/c1-5-7-21-8-6-9-22(18-21)25-30-26(34)28(31-25)11-13-33(14-12-28)38(36,37)15-10-24-19(2)16-23(17-20(24)3)32(4)27(29)35/h10,15-17,21-22H,5-9,11-14,18H2,1-4H3,(H2,29,35)(H,30,31,34)/t21-,22+/m1/s1. The highest BCUT2D eigenvalue weighted by molar-refractivity contribution is 7.92. The average molecular weight is 544 g/mol. The number of carbonyl (C=O) groups is 2. The number of piperidine rings is 1. The third kappa shape index (κ3) is 5.81. The third-order valence-corrected chi connectivity index (χ3v) is 10.0. The minimum Gasteiger partial charge on any atom is -0.351 e. The molecule has 1 aliphatic carbocycles. The largest absolute Gasteiger partial charge is 0.351 e. The number of primary amides is 1. The maximum Gasteiger partial charge on any atom is 0.318 e. The van der Waals surface area contributed by atoms with Gasteiger partial charge in [-0.15, -0.1) is 0 Å². The van der Waals surface area contributed by atoms with E-state index in [4.69, 9.17) is 10.7 Å². The van der Waals surface area contributed by atoms with Gasteiger partial charge in [-0.2, -0.15) is 4.31 Å². The van der Waals surface area contributed by atoms with Gasteiger partial charge >= 0.3 is 6.03 Å². The molecular weight excluding hydrogens is 502 g/mol. The third-order valence-electron chi connectivity index (χ3n) is 8.48. The topological polar surface area (TPSA) is 125 Å². The summed E-state index contributed by atoms with van der Waals surface area (Å²) >= 11 is 0. The minimum atomic E-state index is -3.68. The summed E-state index contributed by atoms with van der Waals surface area (Å²) in [6.45, 7) is 6.45. The Morgan fingerprint density at radius 2 is 1.89 bits per heavy atom. The molecule has 2 aliphatic heterocycles. The summed E-state index contributed by atoms with van der Waals surface area (Å²) in [4.78, 5) is 30.8. The Morgan fingerprint density at radius 3 is 2.50 bits per heavy atom. The van der Waals surface area contributed by atoms with Crippen molar-refractivity contribution in [3.63, 3.8) is 0 Å². The summed E-state index contributed by atoms with van der Waals surface area (Å²) in [6.07, 6.45) is 9.31. The molecule has 0 radical (unpaired) electrons. The Morgan fingerprint density at radius 1 is 1.24 bits per heavy atom. The average Bonchev–Trinajstić information content (AvgIpc) is 3.18. The van der Waals surface area contributed by atoms with E-state index < -0.39 is 21.6 Å². The van der Waals surface area contributed by atoms with E-state index in [0.29, 0.717) is 30.4 Å². The lowest BCUT2D eigenvalue weighted by Crippen LogP contribution is -2.50. The van der Waals surface area contributed by atoms with Crippen molar-refractivity contribution < 1.29 is 18.0 Å². The Labute approximate surface area is 226 Å². The van der Waals surface area contributed by atoms with Crippen LogP contribution >= 0.6 is 0 Å². The lowest BCUT2D eigenvalue weighted by Gasteiger charge is -2.34. The van der Waals surface area contributed by atoms with E-state index in [2.05, 4.69) is 12.2 Å². The van der Waals surface area contributed by atoms with Crippen molar-refractivity contribution >= 4 is 39.6 Å². The van der Waals surface area contributed by atoms with Crippen molar-refractivity contribution in [2.45, 2.75) is 77.7 Å². The Bertz CT molecular complexity index is 1220. The molecule has 0 unspecified atom stereocenters. The van der Waals surface area contributed by atoms with Gasteiger partial charge in [0.25, 0.3) is 5.91 Å². The molecule has 38 heavy (non-hydrogen) atoms. The number of urea groups is 1. The molecule has 2 atom stereocenters. The van der Waals surface area contributed by atoms with Crippen LogP contribution in [0.2, 0.25) is 0 Å². The van der Waals surface area contributed by atoms with Crippen LogP contribution in [-0.4, -0.2) is 56.2 Å². The van der Waals surface area contributed by atoms with Crippen LogP contribution in [0.25, 0.3) is 6.08 Å². The quantitative estimate of drug-likeness (QED) is 0.537. The highest BCUT2D eigenvalue weighted by Crippen LogP contribution is 2.37. The maximum atomic E-state index is 13.2. The first kappa shape index (κ1) is 28.3. The first-order valence-corrected chi connectivity index (χ1v) is 15.2. The second-order valence-corrected chi connectivity index (χ2v) is 13.0. The molecule has 1 spiro atoms. The lowest BCUT2D eigenvalue weighted by molar-refractivity contribution is -0.125. The molecule has 3 aliphatic rings. The number of hydrogen-bond acceptors (Lipinski definition) is 5. The van der Waals surface area contributed by atoms with Gasteiger partial charge in [-0.25, -0.2) is 13.2 Å². The molecule has 9 nitrogen and oxygen atoms in total. The van der Waals surface area contributed by atoms with Gasteiger partial charge in [0.1, 0.15) is 11.4 Å². The number of aliphatic imine (C=N–C) groups is 1. The first-order chi connectivity index (χ1) is 18.0. The number of anilines is 1. The number of nitrogens with two attached hydrogens (primary N) is 1. The van der Waals surface area contributed by atoms with E-state index in [9.17, 15) is 18.0 Å². The van der Waals surface area contributed by atoms with Gasteiger partial charge in [-0.05, 0) is 80.3 Å². The summed E-state index contributed by atoms with van der Waals surface area (Å²) in [7, 11) is -2.09. The monoisotopic (exact) mass is 543 g/mol. The van der Waals surface area contributed by atoms with Crippen LogP contribution in [0, 0.1) is 25.7 Å². The van der Waals surface area contributed by atoms with Gasteiger partial charge in [-0.1, -0.05) is 32.6 Å². The second-order valence-electron chi connectivity index (χ2n) is 11.1. The zero-order valence-corrected chi connectivity index (χ0v) is 23.8. The molecule has 1 aromatic rings. The molecule has 10 heteroatoms. The molecule has 0 bridgehead atoms. The van der Waals surface area contributed by atoms with Gasteiger partial charge < -0.3 is 11.1 Å². The highest BCUT2D eigenvalue weighted by Gasteiger charge is 2.48. The van der Waals surface area contributed by atoms with E-state index in [-0.39, 0.29) is 19.0 Å².